The predicted molar refractivity (Wildman–Crippen MR) is 74.1 cm³/mol. The molecule has 2 rings (SSSR count). The van der Waals surface area contributed by atoms with Gasteiger partial charge in [0.25, 0.3) is 0 Å². The number of anilines is 2. The van der Waals surface area contributed by atoms with Gasteiger partial charge in [-0.2, -0.15) is 15.0 Å². The van der Waals surface area contributed by atoms with Gasteiger partial charge in [-0.3, -0.25) is 0 Å². The van der Waals surface area contributed by atoms with Gasteiger partial charge in [0.05, 0.1) is 5.02 Å². The molecule has 0 aliphatic rings. The minimum Gasteiger partial charge on any atom is -0.357 e. The van der Waals surface area contributed by atoms with Gasteiger partial charge in [-0.05, 0) is 18.2 Å². The van der Waals surface area contributed by atoms with E-state index in [-0.39, 0.29) is 5.02 Å². The van der Waals surface area contributed by atoms with Gasteiger partial charge < -0.3 is 10.2 Å². The number of aromatic nitrogens is 3. The molecule has 100 valence electrons. The van der Waals surface area contributed by atoms with Gasteiger partial charge in [-0.15, -0.1) is 0 Å². The van der Waals surface area contributed by atoms with Crippen molar-refractivity contribution in [1.82, 2.24) is 15.0 Å². The van der Waals surface area contributed by atoms with Crippen molar-refractivity contribution in [2.45, 2.75) is 0 Å². The van der Waals surface area contributed by atoms with Crippen LogP contribution >= 0.6 is 11.6 Å². The quantitative estimate of drug-likeness (QED) is 0.936. The first-order valence-electron chi connectivity index (χ1n) is 5.58. The van der Waals surface area contributed by atoms with E-state index in [1.807, 2.05) is 14.1 Å². The lowest BCUT2D eigenvalue weighted by Gasteiger charge is -2.13. The first-order chi connectivity index (χ1) is 9.01. The van der Waals surface area contributed by atoms with Crippen LogP contribution in [0.3, 0.4) is 0 Å². The normalized spacial score (nSPS) is 10.4. The van der Waals surface area contributed by atoms with Crippen molar-refractivity contribution in [3.8, 4) is 11.4 Å². The third kappa shape index (κ3) is 2.90. The van der Waals surface area contributed by atoms with Crippen LogP contribution in [0.1, 0.15) is 0 Å². The Labute approximate surface area is 115 Å². The Bertz CT molecular complexity index is 603. The molecule has 1 aromatic heterocycles. The maximum absolute atomic E-state index is 13.1. The Hall–Kier alpha value is -1.95. The Morgan fingerprint density at radius 3 is 2.53 bits per heavy atom. The van der Waals surface area contributed by atoms with E-state index >= 15 is 0 Å². The molecule has 5 nitrogen and oxygen atoms in total. The molecule has 0 aliphatic heterocycles. The minimum atomic E-state index is -0.399. The number of nitrogens with zero attached hydrogens (tertiary/aromatic N) is 4. The predicted octanol–water partition coefficient (Wildman–Crippen LogP) is 2.44. The highest BCUT2D eigenvalue weighted by Crippen LogP contribution is 2.27. The van der Waals surface area contributed by atoms with Crippen LogP contribution in [-0.4, -0.2) is 36.1 Å². The van der Waals surface area contributed by atoms with Crippen molar-refractivity contribution >= 4 is 23.5 Å². The minimum absolute atomic E-state index is 0.262. The third-order valence-corrected chi connectivity index (χ3v) is 2.73. The summed E-state index contributed by atoms with van der Waals surface area (Å²) in [6.45, 7) is 0. The zero-order chi connectivity index (χ0) is 14.0. The topological polar surface area (TPSA) is 53.9 Å². The Kier molecular flexibility index (Phi) is 3.80. The number of benzene rings is 1. The molecule has 0 aliphatic carbocycles. The number of nitrogens with one attached hydrogen (secondary N) is 1. The molecular weight excluding hydrogens is 269 g/mol. The fourth-order valence-electron chi connectivity index (χ4n) is 1.47. The van der Waals surface area contributed by atoms with E-state index in [1.54, 1.807) is 18.0 Å². The number of rotatable bonds is 3. The van der Waals surface area contributed by atoms with Gasteiger partial charge in [0.15, 0.2) is 5.82 Å². The molecule has 0 radical (unpaired) electrons. The first kappa shape index (κ1) is 13.5. The first-order valence-corrected chi connectivity index (χ1v) is 5.95. The standard InChI is InChI=1S/C12H13ClFN5/c1-15-11-16-10(17-12(18-11)19(2)3)8-5-4-7(14)6-9(8)13/h4-6H,1-3H3,(H,15,16,17,18). The van der Waals surface area contributed by atoms with Crippen molar-refractivity contribution in [1.29, 1.82) is 0 Å². The molecule has 0 saturated heterocycles. The van der Waals surface area contributed by atoms with Gasteiger partial charge in [-0.1, -0.05) is 11.6 Å². The molecule has 1 heterocycles. The van der Waals surface area contributed by atoms with Crippen molar-refractivity contribution in [3.63, 3.8) is 0 Å². The number of hydrogen-bond acceptors (Lipinski definition) is 5. The van der Waals surface area contributed by atoms with Gasteiger partial charge >= 0.3 is 0 Å². The molecular formula is C12H13ClFN5. The fraction of sp³-hybridized carbons (Fsp3) is 0.250. The molecule has 2 aromatic rings. The highest BCUT2D eigenvalue weighted by molar-refractivity contribution is 6.33. The molecule has 0 spiro atoms. The van der Waals surface area contributed by atoms with Crippen LogP contribution in [0, 0.1) is 5.82 Å². The lowest BCUT2D eigenvalue weighted by molar-refractivity contribution is 0.628. The average molecular weight is 282 g/mol. The van der Waals surface area contributed by atoms with Crippen molar-refractivity contribution in [2.24, 2.45) is 0 Å². The van der Waals surface area contributed by atoms with Gasteiger partial charge in [0, 0.05) is 26.7 Å². The summed E-state index contributed by atoms with van der Waals surface area (Å²) in [6, 6.07) is 4.10. The Morgan fingerprint density at radius 2 is 1.95 bits per heavy atom. The van der Waals surface area contributed by atoms with E-state index in [4.69, 9.17) is 11.6 Å². The van der Waals surface area contributed by atoms with Crippen LogP contribution < -0.4 is 10.2 Å². The lowest BCUT2D eigenvalue weighted by atomic mass is 10.2. The van der Waals surface area contributed by atoms with Crippen LogP contribution in [0.15, 0.2) is 18.2 Å². The molecule has 0 unspecified atom stereocenters. The molecule has 0 bridgehead atoms. The van der Waals surface area contributed by atoms with Crippen LogP contribution in [0.25, 0.3) is 11.4 Å². The van der Waals surface area contributed by atoms with E-state index in [9.17, 15) is 4.39 Å². The Morgan fingerprint density at radius 1 is 1.21 bits per heavy atom. The highest BCUT2D eigenvalue weighted by Gasteiger charge is 2.12. The summed E-state index contributed by atoms with van der Waals surface area (Å²) in [4.78, 5) is 14.5. The second kappa shape index (κ2) is 5.36. The van der Waals surface area contributed by atoms with Crippen molar-refractivity contribution < 1.29 is 4.39 Å². The maximum atomic E-state index is 13.1. The van der Waals surface area contributed by atoms with E-state index in [0.717, 1.165) is 0 Å². The summed E-state index contributed by atoms with van der Waals surface area (Å²) >= 11 is 6.02. The van der Waals surface area contributed by atoms with Crippen LogP contribution in [0.4, 0.5) is 16.3 Å². The summed E-state index contributed by atoms with van der Waals surface area (Å²) in [5, 5.41) is 3.12. The smallest absolute Gasteiger partial charge is 0.230 e. The zero-order valence-corrected chi connectivity index (χ0v) is 11.5. The molecule has 1 N–H and O–H groups in total. The second-order valence-electron chi connectivity index (χ2n) is 4.05. The zero-order valence-electron chi connectivity index (χ0n) is 10.8. The van der Waals surface area contributed by atoms with Crippen LogP contribution in [-0.2, 0) is 0 Å². The molecule has 0 saturated carbocycles. The summed E-state index contributed by atoms with van der Waals surface area (Å²) in [6.07, 6.45) is 0. The molecule has 7 heteroatoms. The lowest BCUT2D eigenvalue weighted by Crippen LogP contribution is -2.15. The van der Waals surface area contributed by atoms with Gasteiger partial charge in [0.2, 0.25) is 11.9 Å². The summed E-state index contributed by atoms with van der Waals surface area (Å²) in [5.41, 5.74) is 0.560. The fourth-order valence-corrected chi connectivity index (χ4v) is 1.72. The van der Waals surface area contributed by atoms with E-state index in [0.29, 0.717) is 23.3 Å². The molecule has 1 aromatic carbocycles. The molecule has 0 amide bonds. The maximum Gasteiger partial charge on any atom is 0.230 e. The highest BCUT2D eigenvalue weighted by atomic mass is 35.5. The average Bonchev–Trinajstić information content (AvgIpc) is 2.38. The van der Waals surface area contributed by atoms with Crippen molar-refractivity contribution in [2.75, 3.05) is 31.4 Å². The SMILES string of the molecule is CNc1nc(-c2ccc(F)cc2Cl)nc(N(C)C)n1. The number of hydrogen-bond donors (Lipinski definition) is 1. The van der Waals surface area contributed by atoms with E-state index in [1.165, 1.54) is 12.1 Å². The summed E-state index contributed by atoms with van der Waals surface area (Å²) in [7, 11) is 5.36. The van der Waals surface area contributed by atoms with E-state index < -0.39 is 5.82 Å². The summed E-state index contributed by atoms with van der Waals surface area (Å²) in [5.74, 6) is 0.918. The monoisotopic (exact) mass is 281 g/mol. The van der Waals surface area contributed by atoms with Crippen LogP contribution in [0.5, 0.6) is 0 Å². The van der Waals surface area contributed by atoms with Gasteiger partial charge in [0.1, 0.15) is 5.82 Å². The van der Waals surface area contributed by atoms with Crippen molar-refractivity contribution in [3.05, 3.63) is 29.0 Å². The van der Waals surface area contributed by atoms with Gasteiger partial charge in [-0.25, -0.2) is 4.39 Å². The third-order valence-electron chi connectivity index (χ3n) is 2.42. The van der Waals surface area contributed by atoms with E-state index in [2.05, 4.69) is 20.3 Å². The largest absolute Gasteiger partial charge is 0.357 e. The van der Waals surface area contributed by atoms with Crippen LogP contribution in [0.2, 0.25) is 5.02 Å². The molecule has 0 atom stereocenters. The Balaban J connectivity index is 2.57. The molecule has 19 heavy (non-hydrogen) atoms. The summed E-state index contributed by atoms with van der Waals surface area (Å²) < 4.78 is 13.1. The molecule has 0 fully saturated rings. The number of halogens is 2. The second-order valence-corrected chi connectivity index (χ2v) is 4.46.